The van der Waals surface area contributed by atoms with Crippen LogP contribution in [0.15, 0.2) is 4.99 Å². The Morgan fingerprint density at radius 1 is 1.70 bits per heavy atom. The van der Waals surface area contributed by atoms with Crippen molar-refractivity contribution >= 4 is 5.84 Å². The molecule has 0 aromatic carbocycles. The topological polar surface area (TPSA) is 45.1 Å². The minimum Gasteiger partial charge on any atom is -0.377 e. The number of ether oxygens (including phenoxy) is 1. The zero-order valence-electron chi connectivity index (χ0n) is 6.66. The van der Waals surface area contributed by atoms with Gasteiger partial charge in [-0.05, 0) is 0 Å². The predicted octanol–water partition coefficient (Wildman–Crippen LogP) is -0.457. The van der Waals surface area contributed by atoms with Gasteiger partial charge in [-0.3, -0.25) is 4.99 Å². The van der Waals surface area contributed by atoms with E-state index >= 15 is 0 Å². The third-order valence-electron chi connectivity index (χ3n) is 1.18. The molecule has 0 amide bonds. The van der Waals surface area contributed by atoms with Crippen LogP contribution in [0.2, 0.25) is 0 Å². The Kier molecular flexibility index (Phi) is 4.88. The molecule has 0 aromatic heterocycles. The number of nitrogens with zero attached hydrogens (tertiary/aromatic N) is 2. The maximum absolute atomic E-state index is 8.65. The van der Waals surface area contributed by atoms with Crippen molar-refractivity contribution in [2.45, 2.75) is 0 Å². The lowest BCUT2D eigenvalue weighted by Crippen LogP contribution is -2.30. The number of aliphatic imine (C=N–C) groups is 1. The molecule has 1 N–H and O–H groups in total. The first-order valence-corrected chi connectivity index (χ1v) is 3.02. The second-order valence-corrected chi connectivity index (χ2v) is 1.91. The van der Waals surface area contributed by atoms with Crippen molar-refractivity contribution in [3.63, 3.8) is 0 Å². The number of amidine groups is 1. The molecule has 0 atom stereocenters. The highest BCUT2D eigenvalue weighted by atomic mass is 16.5. The van der Waals surface area contributed by atoms with Crippen molar-refractivity contribution in [2.24, 2.45) is 4.99 Å². The molecule has 0 saturated carbocycles. The summed E-state index contributed by atoms with van der Waals surface area (Å²) in [6, 6.07) is 0. The fraction of sp³-hybridized carbons (Fsp3) is 0.833. The van der Waals surface area contributed by atoms with Crippen LogP contribution >= 0.6 is 0 Å². The maximum Gasteiger partial charge on any atom is 0.126 e. The molecule has 60 valence electrons. The highest BCUT2D eigenvalue weighted by Crippen LogP contribution is 1.85. The summed E-state index contributed by atoms with van der Waals surface area (Å²) < 4.78 is 4.83. The van der Waals surface area contributed by atoms with Crippen molar-refractivity contribution in [2.75, 3.05) is 34.5 Å². The number of aliphatic hydroxyl groups is 1. The molecule has 0 unspecified atom stereocenters. The van der Waals surface area contributed by atoms with E-state index in [-0.39, 0.29) is 6.73 Å². The van der Waals surface area contributed by atoms with E-state index in [0.717, 1.165) is 5.84 Å². The third kappa shape index (κ3) is 2.80. The first kappa shape index (κ1) is 9.39. The minimum absolute atomic E-state index is 0.0317. The molecule has 0 bridgehead atoms. The molecule has 0 aromatic rings. The van der Waals surface area contributed by atoms with Gasteiger partial charge in [0.05, 0.1) is 0 Å². The van der Waals surface area contributed by atoms with Crippen LogP contribution in [-0.4, -0.2) is 50.4 Å². The number of likely N-dealkylation sites (N-methyl/N-ethyl adjacent to an activating group) is 1. The van der Waals surface area contributed by atoms with Gasteiger partial charge in [0.1, 0.15) is 19.2 Å². The van der Waals surface area contributed by atoms with Gasteiger partial charge in [0.25, 0.3) is 0 Å². The molecule has 4 heteroatoms. The minimum atomic E-state index is -0.0317. The van der Waals surface area contributed by atoms with E-state index in [4.69, 9.17) is 9.84 Å². The standard InChI is InChI=1S/C6H14N2O2/c1-7-6(4-10-3)8(2)5-9/h9H,4-5H2,1-3H3. The highest BCUT2D eigenvalue weighted by Gasteiger charge is 2.01. The van der Waals surface area contributed by atoms with Gasteiger partial charge in [0, 0.05) is 21.2 Å². The smallest absolute Gasteiger partial charge is 0.126 e. The molecule has 0 spiro atoms. The van der Waals surface area contributed by atoms with Gasteiger partial charge >= 0.3 is 0 Å². The Labute approximate surface area is 61.1 Å². The Bertz CT molecular complexity index is 114. The summed E-state index contributed by atoms with van der Waals surface area (Å²) in [6.07, 6.45) is 0. The normalized spacial score (nSPS) is 11.8. The Hall–Kier alpha value is -0.610. The average Bonchev–Trinajstić information content (AvgIpc) is 1.99. The summed E-state index contributed by atoms with van der Waals surface area (Å²) >= 11 is 0. The van der Waals surface area contributed by atoms with Gasteiger partial charge in [-0.1, -0.05) is 0 Å². The molecule has 0 saturated heterocycles. The molecule has 0 radical (unpaired) electrons. The van der Waals surface area contributed by atoms with E-state index in [2.05, 4.69) is 4.99 Å². The summed E-state index contributed by atoms with van der Waals surface area (Å²) in [5.41, 5.74) is 0. The highest BCUT2D eigenvalue weighted by molar-refractivity contribution is 5.83. The summed E-state index contributed by atoms with van der Waals surface area (Å²) in [6.45, 7) is 0.406. The number of rotatable bonds is 3. The van der Waals surface area contributed by atoms with Crippen molar-refractivity contribution in [3.8, 4) is 0 Å². The van der Waals surface area contributed by atoms with Gasteiger partial charge in [-0.15, -0.1) is 0 Å². The molecular weight excluding hydrogens is 132 g/mol. The van der Waals surface area contributed by atoms with Gasteiger partial charge in [0.15, 0.2) is 0 Å². The largest absolute Gasteiger partial charge is 0.377 e. The van der Waals surface area contributed by atoms with Gasteiger partial charge in [-0.2, -0.15) is 0 Å². The van der Waals surface area contributed by atoms with E-state index in [0.29, 0.717) is 6.61 Å². The Balaban J connectivity index is 3.82. The zero-order valence-corrected chi connectivity index (χ0v) is 6.66. The van der Waals surface area contributed by atoms with E-state index in [1.165, 1.54) is 0 Å². The third-order valence-corrected chi connectivity index (χ3v) is 1.18. The number of methoxy groups -OCH3 is 1. The van der Waals surface area contributed by atoms with Crippen LogP contribution in [0.25, 0.3) is 0 Å². The molecule has 10 heavy (non-hydrogen) atoms. The van der Waals surface area contributed by atoms with E-state index in [9.17, 15) is 0 Å². The van der Waals surface area contributed by atoms with Crippen molar-refractivity contribution < 1.29 is 9.84 Å². The quantitative estimate of drug-likeness (QED) is 0.333. The molecule has 0 fully saturated rings. The first-order chi connectivity index (χ1) is 4.76. The van der Waals surface area contributed by atoms with Crippen LogP contribution in [0.5, 0.6) is 0 Å². The van der Waals surface area contributed by atoms with Crippen molar-refractivity contribution in [1.29, 1.82) is 0 Å². The Morgan fingerprint density at radius 3 is 2.60 bits per heavy atom. The van der Waals surface area contributed by atoms with E-state index in [1.807, 2.05) is 0 Å². The molecular formula is C6H14N2O2. The van der Waals surface area contributed by atoms with E-state index in [1.54, 1.807) is 26.1 Å². The molecule has 0 aliphatic rings. The van der Waals surface area contributed by atoms with Crippen LogP contribution in [0.1, 0.15) is 0 Å². The van der Waals surface area contributed by atoms with Gasteiger partial charge in [-0.25, -0.2) is 0 Å². The van der Waals surface area contributed by atoms with Gasteiger partial charge < -0.3 is 14.7 Å². The summed E-state index contributed by atoms with van der Waals surface area (Å²) in [5.74, 6) is 0.741. The van der Waals surface area contributed by atoms with Crippen molar-refractivity contribution in [1.82, 2.24) is 4.90 Å². The second-order valence-electron chi connectivity index (χ2n) is 1.91. The number of hydrogen-bond acceptors (Lipinski definition) is 3. The zero-order chi connectivity index (χ0) is 7.98. The average molecular weight is 146 g/mol. The molecule has 0 rings (SSSR count). The van der Waals surface area contributed by atoms with Crippen LogP contribution in [0, 0.1) is 0 Å². The van der Waals surface area contributed by atoms with Crippen LogP contribution in [0.3, 0.4) is 0 Å². The summed E-state index contributed by atoms with van der Waals surface area (Å²) in [7, 11) is 5.01. The lowest BCUT2D eigenvalue weighted by atomic mass is 10.5. The lowest BCUT2D eigenvalue weighted by molar-refractivity contribution is 0.173. The fourth-order valence-corrected chi connectivity index (χ4v) is 0.556. The maximum atomic E-state index is 8.65. The van der Waals surface area contributed by atoms with Crippen LogP contribution in [0.4, 0.5) is 0 Å². The van der Waals surface area contributed by atoms with Crippen LogP contribution < -0.4 is 0 Å². The van der Waals surface area contributed by atoms with E-state index < -0.39 is 0 Å². The SMILES string of the molecule is CN=C(COC)N(C)CO. The molecule has 4 nitrogen and oxygen atoms in total. The first-order valence-electron chi connectivity index (χ1n) is 3.02. The van der Waals surface area contributed by atoms with Crippen LogP contribution in [-0.2, 0) is 4.74 Å². The van der Waals surface area contributed by atoms with Gasteiger partial charge in [0.2, 0.25) is 0 Å². The Morgan fingerprint density at radius 2 is 2.30 bits per heavy atom. The number of hydrogen-bond donors (Lipinski definition) is 1. The summed E-state index contributed by atoms with van der Waals surface area (Å²) in [5, 5.41) is 8.65. The molecule has 0 aliphatic heterocycles. The lowest BCUT2D eigenvalue weighted by Gasteiger charge is -2.16. The monoisotopic (exact) mass is 146 g/mol. The second kappa shape index (κ2) is 5.20. The molecule has 0 heterocycles. The van der Waals surface area contributed by atoms with Crippen molar-refractivity contribution in [3.05, 3.63) is 0 Å². The molecule has 0 aliphatic carbocycles. The number of aliphatic hydroxyl groups excluding tert-OH is 1. The predicted molar refractivity (Wildman–Crippen MR) is 40.1 cm³/mol. The summed E-state index contributed by atoms with van der Waals surface area (Å²) in [4.78, 5) is 5.52. The fourth-order valence-electron chi connectivity index (χ4n) is 0.556.